The van der Waals surface area contributed by atoms with E-state index < -0.39 is 78.7 Å². The van der Waals surface area contributed by atoms with Crippen LogP contribution in [-0.2, 0) is 21.4 Å². The molecule has 0 unspecified atom stereocenters. The summed E-state index contributed by atoms with van der Waals surface area (Å²) < 4.78 is 52.7. The summed E-state index contributed by atoms with van der Waals surface area (Å²) in [6.45, 7) is 1.13. The topological polar surface area (TPSA) is 169 Å². The van der Waals surface area contributed by atoms with Crippen molar-refractivity contribution in [2.45, 2.75) is 98.4 Å². The molecule has 37 heavy (non-hydrogen) atoms. The van der Waals surface area contributed by atoms with Gasteiger partial charge in [-0.05, 0) is 62.6 Å². The summed E-state index contributed by atoms with van der Waals surface area (Å²) in [5.74, 6) is -1.47. The number of carboxylic acids is 1. The predicted molar refractivity (Wildman–Crippen MR) is 124 cm³/mol. The molecule has 202 valence electrons. The van der Waals surface area contributed by atoms with E-state index in [1.165, 1.54) is 6.07 Å². The second-order valence-electron chi connectivity index (χ2n) is 11.2. The van der Waals surface area contributed by atoms with Crippen molar-refractivity contribution in [3.05, 3.63) is 23.3 Å². The van der Waals surface area contributed by atoms with E-state index in [0.717, 1.165) is 12.8 Å². The lowest BCUT2D eigenvalue weighted by Gasteiger charge is -2.63. The van der Waals surface area contributed by atoms with Gasteiger partial charge in [-0.25, -0.2) is 4.79 Å². The highest BCUT2D eigenvalue weighted by Crippen LogP contribution is 2.65. The van der Waals surface area contributed by atoms with E-state index in [-0.39, 0.29) is 24.3 Å². The van der Waals surface area contributed by atoms with Gasteiger partial charge in [-0.3, -0.25) is 4.90 Å². The maximum absolute atomic E-state index is 12.6. The number of rotatable bonds is 5. The molecule has 2 saturated carbocycles. The zero-order valence-electron chi connectivity index (χ0n) is 23.9. The quantitative estimate of drug-likeness (QED) is 0.276. The summed E-state index contributed by atoms with van der Waals surface area (Å²) in [6, 6.07) is 2.50. The summed E-state index contributed by atoms with van der Waals surface area (Å²) in [7, 11) is 0. The number of aliphatic hydroxyl groups is 5. The van der Waals surface area contributed by atoms with E-state index in [0.29, 0.717) is 30.1 Å². The fourth-order valence-corrected chi connectivity index (χ4v) is 7.11. The number of ether oxygens (including phenoxy) is 3. The average molecular weight is 524 g/mol. The van der Waals surface area contributed by atoms with Gasteiger partial charge in [0.05, 0.1) is 19.8 Å². The van der Waals surface area contributed by atoms with Gasteiger partial charge >= 0.3 is 5.97 Å². The molecule has 7 rings (SSSR count). The Bertz CT molecular complexity index is 1310. The molecule has 3 heterocycles. The summed E-state index contributed by atoms with van der Waals surface area (Å²) in [4.78, 5) is 13.7. The van der Waals surface area contributed by atoms with Crippen molar-refractivity contribution in [3.8, 4) is 11.5 Å². The summed E-state index contributed by atoms with van der Waals surface area (Å²) in [5.41, 5.74) is -2.65. The molecule has 4 fully saturated rings. The molecule has 6 aliphatic rings. The number of aliphatic carboxylic acids is 1. The third-order valence-electron chi connectivity index (χ3n) is 9.13. The number of benzene rings is 1. The van der Waals surface area contributed by atoms with Gasteiger partial charge in [0.2, 0.25) is 6.29 Å². The van der Waals surface area contributed by atoms with Crippen molar-refractivity contribution < 1.29 is 55.1 Å². The monoisotopic (exact) mass is 523 g/mol. The van der Waals surface area contributed by atoms with Crippen molar-refractivity contribution in [3.63, 3.8) is 0 Å². The first-order chi connectivity index (χ1) is 19.1. The van der Waals surface area contributed by atoms with Crippen molar-refractivity contribution >= 4 is 5.97 Å². The minimum atomic E-state index is -3.13. The maximum Gasteiger partial charge on any atom is 0.335 e. The van der Waals surface area contributed by atoms with Crippen LogP contribution < -0.4 is 9.47 Å². The first-order valence-corrected chi connectivity index (χ1v) is 12.7. The number of carbonyl (C=O) groups is 1. The molecule has 6 N–H and O–H groups in total. The van der Waals surface area contributed by atoms with Crippen LogP contribution in [0.3, 0.4) is 0 Å². The van der Waals surface area contributed by atoms with Crippen molar-refractivity contribution in [2.75, 3.05) is 13.1 Å². The van der Waals surface area contributed by atoms with Crippen LogP contribution >= 0.6 is 0 Å². The second kappa shape index (κ2) is 8.01. The molecule has 0 radical (unpaired) electrons. The van der Waals surface area contributed by atoms with Crippen LogP contribution in [0.1, 0.15) is 48.7 Å². The number of hydrogen-bond acceptors (Lipinski definition) is 10. The summed E-state index contributed by atoms with van der Waals surface area (Å²) in [6.07, 6.45) is -16.2. The lowest BCUT2D eigenvalue weighted by molar-refractivity contribution is -0.271. The van der Waals surface area contributed by atoms with Gasteiger partial charge < -0.3 is 44.8 Å². The molecule has 1 aromatic carbocycles. The van der Waals surface area contributed by atoms with Gasteiger partial charge in [0.1, 0.15) is 24.4 Å². The van der Waals surface area contributed by atoms with E-state index >= 15 is 0 Å². The lowest BCUT2D eigenvalue weighted by atomic mass is 9.48. The minimum absolute atomic E-state index is 0.0888. The average Bonchev–Trinajstić information content (AvgIpc) is 3.65. The van der Waals surface area contributed by atoms with Gasteiger partial charge in [0, 0.05) is 20.9 Å². The molecule has 1 spiro atoms. The number of likely N-dealkylation sites (tertiary alicyclic amines) is 1. The van der Waals surface area contributed by atoms with E-state index in [9.17, 15) is 36.8 Å². The van der Waals surface area contributed by atoms with Gasteiger partial charge in [-0.15, -0.1) is 0 Å². The van der Waals surface area contributed by atoms with E-state index in [1.807, 2.05) is 0 Å². The largest absolute Gasteiger partial charge is 0.482 e. The van der Waals surface area contributed by atoms with Gasteiger partial charge in [-0.2, -0.15) is 0 Å². The van der Waals surface area contributed by atoms with Crippen LogP contribution in [0.2, 0.25) is 0 Å². The van der Waals surface area contributed by atoms with Crippen molar-refractivity contribution in [1.29, 1.82) is 0 Å². The highest BCUT2D eigenvalue weighted by molar-refractivity contribution is 5.73. The normalized spacial score (nSPS) is 53.1. The van der Waals surface area contributed by atoms with Crippen LogP contribution in [0.15, 0.2) is 12.1 Å². The van der Waals surface area contributed by atoms with Crippen LogP contribution in [0.4, 0.5) is 0 Å². The highest BCUT2D eigenvalue weighted by Gasteiger charge is 2.73. The Morgan fingerprint density at radius 2 is 1.97 bits per heavy atom. The summed E-state index contributed by atoms with van der Waals surface area (Å²) in [5, 5.41) is 64.2. The van der Waals surface area contributed by atoms with E-state index in [4.69, 9.17) is 18.3 Å². The Kier molecular flexibility index (Phi) is 4.33. The Morgan fingerprint density at radius 3 is 2.70 bits per heavy atom. The van der Waals surface area contributed by atoms with Crippen LogP contribution in [0.25, 0.3) is 0 Å². The van der Waals surface area contributed by atoms with Crippen LogP contribution in [0, 0.1) is 5.92 Å². The molecular weight excluding hydrogens is 486 g/mol. The van der Waals surface area contributed by atoms with E-state index in [1.54, 1.807) is 6.07 Å². The van der Waals surface area contributed by atoms with Gasteiger partial charge in [-0.1, -0.05) is 6.07 Å². The standard InChI is InChI=1S/C26H33NO10/c28-13-5-6-26(34)15-9-12-3-4-14(35-24-19(31)17(29)18(30)21(37-24)23(32)33)20-16(12)25(26,22(13)36-20)7-8-27(15)10-11-1-2-11/h3-4,11,13,15,17-19,21-22,24,28-31,34H,1-2,5-10H2,(H,32,33)/t13-,15-,17+,18+,19-,21+,22+,24-,25+,26-/m1/s1/i5D2,13D,22D. The zero-order chi connectivity index (χ0) is 29.5. The third kappa shape index (κ3) is 3.16. The molecule has 11 heteroatoms. The molecule has 2 bridgehead atoms. The zero-order valence-corrected chi connectivity index (χ0v) is 19.9. The third-order valence-corrected chi connectivity index (χ3v) is 9.13. The molecule has 2 saturated heterocycles. The van der Waals surface area contributed by atoms with Crippen LogP contribution in [-0.4, -0.2) is 109 Å². The van der Waals surface area contributed by atoms with Gasteiger partial charge in [0.15, 0.2) is 17.6 Å². The fraction of sp³-hybridized carbons (Fsp3) is 0.731. The summed E-state index contributed by atoms with van der Waals surface area (Å²) >= 11 is 0. The number of piperidine rings is 1. The molecule has 3 aliphatic heterocycles. The molecule has 10 atom stereocenters. The highest BCUT2D eigenvalue weighted by atomic mass is 16.7. The molecule has 0 aromatic heterocycles. The minimum Gasteiger partial charge on any atom is -0.482 e. The molecule has 11 nitrogen and oxygen atoms in total. The number of aliphatic hydroxyl groups excluding tert-OH is 3. The van der Waals surface area contributed by atoms with Crippen molar-refractivity contribution in [1.82, 2.24) is 4.90 Å². The maximum atomic E-state index is 12.6. The first-order valence-electron chi connectivity index (χ1n) is 14.7. The predicted octanol–water partition coefficient (Wildman–Crippen LogP) is -1.12. The SMILES string of the molecule is [2H]C1([2H])C[C@@]2(O)[C@H]3Cc4ccc(O[C@@H]5O[C@H](C(=O)O)[C@@H](O)[C@H](O)[C@H]5O)c5c4[C@@]2(CCN3CC2CC2)[C@@]([2H])(O5)[C@]1([2H])O. The Hall–Kier alpha value is -1.99. The van der Waals surface area contributed by atoms with Gasteiger partial charge in [0.25, 0.3) is 0 Å². The Labute approximate surface area is 218 Å². The molecule has 0 amide bonds. The Balaban J connectivity index is 1.36. The first kappa shape index (κ1) is 20.0. The number of nitrogens with zero attached hydrogens (tertiary/aromatic N) is 1. The smallest absolute Gasteiger partial charge is 0.335 e. The number of carboxylic acid groups (broad SMARTS) is 1. The fourth-order valence-electron chi connectivity index (χ4n) is 7.11. The molecular formula is C26H33NO10. The second-order valence-corrected chi connectivity index (χ2v) is 11.2. The lowest BCUT2D eigenvalue weighted by Crippen LogP contribution is -2.77. The van der Waals surface area contributed by atoms with E-state index in [2.05, 4.69) is 4.90 Å². The molecule has 1 aromatic rings. The number of hydrogen-bond donors (Lipinski definition) is 6. The molecule has 3 aliphatic carbocycles. The van der Waals surface area contributed by atoms with Crippen molar-refractivity contribution in [2.24, 2.45) is 5.92 Å². The Morgan fingerprint density at radius 1 is 1.19 bits per heavy atom. The van der Waals surface area contributed by atoms with Crippen LogP contribution in [0.5, 0.6) is 11.5 Å².